The summed E-state index contributed by atoms with van der Waals surface area (Å²) in [7, 11) is 0. The normalized spacial score (nSPS) is 7.50. The van der Waals surface area contributed by atoms with Crippen molar-refractivity contribution in [1.29, 1.82) is 0 Å². The molecule has 0 atom stereocenters. The van der Waals surface area contributed by atoms with Crippen LogP contribution in [0.3, 0.4) is 0 Å². The van der Waals surface area contributed by atoms with Gasteiger partial charge in [-0.05, 0) is 6.92 Å². The van der Waals surface area contributed by atoms with Gasteiger partial charge >= 0.3 is 11.9 Å². The molecule has 0 unspecified atom stereocenters. The number of nitrogens with two attached hydrogens (primary N) is 1. The number of esters is 1. The second-order valence-electron chi connectivity index (χ2n) is 1.55. The fourth-order valence-corrected chi connectivity index (χ4v) is 0.220. The van der Waals surface area contributed by atoms with Gasteiger partial charge in [0.1, 0.15) is 0 Å². The van der Waals surface area contributed by atoms with Gasteiger partial charge in [0.2, 0.25) is 0 Å². The molecule has 0 saturated heterocycles. The van der Waals surface area contributed by atoms with E-state index in [0.717, 1.165) is 6.08 Å². The maximum atomic E-state index is 10.1. The van der Waals surface area contributed by atoms with E-state index >= 15 is 0 Å². The monoisotopic (exact) mass is 175 g/mol. The van der Waals surface area contributed by atoms with Crippen molar-refractivity contribution >= 4 is 11.9 Å². The molecule has 0 spiro atoms. The summed E-state index contributed by atoms with van der Waals surface area (Å²) in [6.07, 6.45) is 0.833. The van der Waals surface area contributed by atoms with Gasteiger partial charge in [-0.25, -0.2) is 4.79 Å². The summed E-state index contributed by atoms with van der Waals surface area (Å²) < 4.78 is 4.43. The Morgan fingerprint density at radius 1 is 1.67 bits per heavy atom. The topological polar surface area (TPSA) is 89.6 Å². The summed E-state index contributed by atoms with van der Waals surface area (Å²) in [5.41, 5.74) is 4.88. The van der Waals surface area contributed by atoms with E-state index in [1.54, 1.807) is 6.92 Å². The number of hydrogen-bond acceptors (Lipinski definition) is 4. The molecule has 5 heteroatoms. The molecular formula is C7H13NO4. The molecule has 5 nitrogen and oxygen atoms in total. The minimum atomic E-state index is -0.981. The molecule has 3 N–H and O–H groups in total. The highest BCUT2D eigenvalue weighted by atomic mass is 16.5. The number of hydrogen-bond donors (Lipinski definition) is 2. The Morgan fingerprint density at radius 3 is 2.17 bits per heavy atom. The number of carbonyl (C=O) groups is 2. The average molecular weight is 175 g/mol. The molecule has 0 aromatic carbocycles. The quantitative estimate of drug-likeness (QED) is 0.456. The van der Waals surface area contributed by atoms with E-state index in [0.29, 0.717) is 6.61 Å². The maximum Gasteiger partial charge on any atom is 0.327 e. The first kappa shape index (κ1) is 13.2. The van der Waals surface area contributed by atoms with E-state index in [-0.39, 0.29) is 12.5 Å². The van der Waals surface area contributed by atoms with Crippen LogP contribution in [0, 0.1) is 0 Å². The Kier molecular flexibility index (Phi) is 10.6. The summed E-state index contributed by atoms with van der Waals surface area (Å²) in [6, 6.07) is 0. The first-order chi connectivity index (χ1) is 5.58. The van der Waals surface area contributed by atoms with Gasteiger partial charge in [0.25, 0.3) is 0 Å². The molecule has 0 bridgehead atoms. The van der Waals surface area contributed by atoms with Gasteiger partial charge in [-0.15, -0.1) is 0 Å². The standard InChI is InChI=1S/C4H9NO2.C3H4O2/c1-2-7-4(6)3-5;1-2-3(4)5/h2-3,5H2,1H3;2H,1H2,(H,4,5). The van der Waals surface area contributed by atoms with Crippen LogP contribution in [0.25, 0.3) is 0 Å². The highest BCUT2D eigenvalue weighted by Crippen LogP contribution is 1.69. The molecule has 0 fully saturated rings. The van der Waals surface area contributed by atoms with Crippen LogP contribution in [-0.4, -0.2) is 30.2 Å². The second kappa shape index (κ2) is 9.64. The zero-order chi connectivity index (χ0) is 9.98. The number of carbonyl (C=O) groups excluding carboxylic acids is 1. The zero-order valence-corrected chi connectivity index (χ0v) is 6.95. The lowest BCUT2D eigenvalue weighted by molar-refractivity contribution is -0.141. The van der Waals surface area contributed by atoms with Gasteiger partial charge in [-0.1, -0.05) is 6.58 Å². The lowest BCUT2D eigenvalue weighted by atomic mass is 10.7. The van der Waals surface area contributed by atoms with E-state index in [1.807, 2.05) is 0 Å². The van der Waals surface area contributed by atoms with Crippen LogP contribution in [0.4, 0.5) is 0 Å². The average Bonchev–Trinajstić information content (AvgIpc) is 2.06. The lowest BCUT2D eigenvalue weighted by Crippen LogP contribution is -2.16. The maximum absolute atomic E-state index is 10.1. The smallest absolute Gasteiger partial charge is 0.327 e. The Morgan fingerprint density at radius 2 is 2.08 bits per heavy atom. The van der Waals surface area contributed by atoms with Crippen LogP contribution in [-0.2, 0) is 14.3 Å². The van der Waals surface area contributed by atoms with Crippen LogP contribution in [0.1, 0.15) is 6.92 Å². The van der Waals surface area contributed by atoms with Gasteiger partial charge in [0.05, 0.1) is 13.2 Å². The molecule has 0 saturated carbocycles. The molecule has 0 heterocycles. The van der Waals surface area contributed by atoms with E-state index in [9.17, 15) is 9.59 Å². The van der Waals surface area contributed by atoms with Gasteiger partial charge in [0.15, 0.2) is 0 Å². The van der Waals surface area contributed by atoms with Crippen LogP contribution < -0.4 is 5.73 Å². The zero-order valence-electron chi connectivity index (χ0n) is 6.95. The van der Waals surface area contributed by atoms with Crippen molar-refractivity contribution in [2.45, 2.75) is 6.92 Å². The highest BCUT2D eigenvalue weighted by Gasteiger charge is 1.91. The predicted molar refractivity (Wildman–Crippen MR) is 43.5 cm³/mol. The highest BCUT2D eigenvalue weighted by molar-refractivity contribution is 5.78. The fraction of sp³-hybridized carbons (Fsp3) is 0.429. The van der Waals surface area contributed by atoms with Crippen LogP contribution in [0.2, 0.25) is 0 Å². The SMILES string of the molecule is C=CC(=O)O.CCOC(=O)CN. The third-order valence-electron chi connectivity index (χ3n) is 0.647. The van der Waals surface area contributed by atoms with E-state index in [1.165, 1.54) is 0 Å². The van der Waals surface area contributed by atoms with E-state index in [2.05, 4.69) is 11.3 Å². The summed E-state index contributed by atoms with van der Waals surface area (Å²) in [5, 5.41) is 7.60. The van der Waals surface area contributed by atoms with Crippen molar-refractivity contribution < 1.29 is 19.4 Å². The second-order valence-corrected chi connectivity index (χ2v) is 1.55. The molecule has 0 aliphatic heterocycles. The molecule has 12 heavy (non-hydrogen) atoms. The van der Waals surface area contributed by atoms with Crippen molar-refractivity contribution in [3.63, 3.8) is 0 Å². The Balaban J connectivity index is 0. The molecular weight excluding hydrogens is 162 g/mol. The third kappa shape index (κ3) is 15.9. The summed E-state index contributed by atoms with van der Waals surface area (Å²) >= 11 is 0. The number of ether oxygens (including phenoxy) is 1. The van der Waals surface area contributed by atoms with Crippen molar-refractivity contribution in [3.8, 4) is 0 Å². The summed E-state index contributed by atoms with van der Waals surface area (Å²) in [4.78, 5) is 19.3. The first-order valence-corrected chi connectivity index (χ1v) is 3.29. The van der Waals surface area contributed by atoms with Gasteiger partial charge in [0, 0.05) is 6.08 Å². The van der Waals surface area contributed by atoms with Gasteiger partial charge in [-0.3, -0.25) is 4.79 Å². The first-order valence-electron chi connectivity index (χ1n) is 3.29. The van der Waals surface area contributed by atoms with E-state index in [4.69, 9.17) is 10.8 Å². The molecule has 0 radical (unpaired) electrons. The van der Waals surface area contributed by atoms with Crippen LogP contribution in [0.5, 0.6) is 0 Å². The van der Waals surface area contributed by atoms with Crippen LogP contribution >= 0.6 is 0 Å². The van der Waals surface area contributed by atoms with Gasteiger partial charge in [-0.2, -0.15) is 0 Å². The van der Waals surface area contributed by atoms with E-state index < -0.39 is 5.97 Å². The molecule has 0 aromatic heterocycles. The largest absolute Gasteiger partial charge is 0.478 e. The van der Waals surface area contributed by atoms with Gasteiger partial charge < -0.3 is 15.6 Å². The van der Waals surface area contributed by atoms with Crippen LogP contribution in [0.15, 0.2) is 12.7 Å². The summed E-state index contributed by atoms with van der Waals surface area (Å²) in [5.74, 6) is -1.33. The molecule has 70 valence electrons. The minimum Gasteiger partial charge on any atom is -0.478 e. The van der Waals surface area contributed by atoms with Crippen molar-refractivity contribution in [3.05, 3.63) is 12.7 Å². The lowest BCUT2D eigenvalue weighted by Gasteiger charge is -1.93. The number of carboxylic acids is 1. The number of rotatable bonds is 3. The molecule has 0 aromatic rings. The number of aliphatic carboxylic acids is 1. The Labute approximate surface area is 70.8 Å². The Hall–Kier alpha value is -1.36. The minimum absolute atomic E-state index is 0.0200. The van der Waals surface area contributed by atoms with Crippen molar-refractivity contribution in [2.75, 3.05) is 13.2 Å². The molecule has 0 rings (SSSR count). The molecule has 0 aliphatic rings. The summed E-state index contributed by atoms with van der Waals surface area (Å²) in [6.45, 7) is 5.10. The Bertz CT molecular complexity index is 155. The number of carboxylic acid groups (broad SMARTS) is 1. The molecule has 0 amide bonds. The van der Waals surface area contributed by atoms with Crippen molar-refractivity contribution in [2.24, 2.45) is 5.73 Å². The van der Waals surface area contributed by atoms with Crippen molar-refractivity contribution in [1.82, 2.24) is 0 Å². The molecule has 0 aliphatic carbocycles. The fourth-order valence-electron chi connectivity index (χ4n) is 0.220. The predicted octanol–water partition coefficient (Wildman–Crippen LogP) is -0.235. The third-order valence-corrected chi connectivity index (χ3v) is 0.647.